The first-order valence-electron chi connectivity index (χ1n) is 7.97. The van der Waals surface area contributed by atoms with E-state index in [2.05, 4.69) is 10.4 Å². The summed E-state index contributed by atoms with van der Waals surface area (Å²) in [5, 5.41) is 7.24. The van der Waals surface area contributed by atoms with Crippen LogP contribution in [0.1, 0.15) is 10.6 Å². The molecule has 1 amide bonds. The molecule has 5 nitrogen and oxygen atoms in total. The van der Waals surface area contributed by atoms with E-state index in [9.17, 15) is 9.18 Å². The van der Waals surface area contributed by atoms with E-state index in [0.717, 1.165) is 5.69 Å². The summed E-state index contributed by atoms with van der Waals surface area (Å²) in [6.07, 6.45) is 1.42. The molecule has 0 radical (unpaired) electrons. The van der Waals surface area contributed by atoms with Gasteiger partial charge in [0, 0.05) is 11.6 Å². The molecule has 2 aromatic carbocycles. The highest BCUT2D eigenvalue weighted by atomic mass is 19.1. The molecule has 0 aliphatic carbocycles. The first kappa shape index (κ1) is 15.8. The van der Waals surface area contributed by atoms with Crippen LogP contribution in [0.15, 0.2) is 83.5 Å². The number of aromatic nitrogens is 2. The van der Waals surface area contributed by atoms with Crippen LogP contribution >= 0.6 is 0 Å². The third kappa shape index (κ3) is 3.00. The number of hydrogen-bond acceptors (Lipinski definition) is 3. The van der Waals surface area contributed by atoms with Gasteiger partial charge in [-0.2, -0.15) is 5.10 Å². The van der Waals surface area contributed by atoms with Crippen LogP contribution in [0.25, 0.3) is 16.9 Å². The van der Waals surface area contributed by atoms with E-state index in [4.69, 9.17) is 4.42 Å². The largest absolute Gasteiger partial charge is 0.459 e. The fourth-order valence-electron chi connectivity index (χ4n) is 2.62. The SMILES string of the molecule is O=C(Nc1cc(-c2ccccc2F)nn1-c1ccccc1)c1ccco1. The molecule has 0 spiro atoms. The zero-order valence-electron chi connectivity index (χ0n) is 13.6. The number of nitrogens with one attached hydrogen (secondary N) is 1. The van der Waals surface area contributed by atoms with Crippen molar-refractivity contribution in [2.75, 3.05) is 5.32 Å². The maximum absolute atomic E-state index is 14.2. The Hall–Kier alpha value is -3.67. The monoisotopic (exact) mass is 347 g/mol. The van der Waals surface area contributed by atoms with Crippen LogP contribution in [0.5, 0.6) is 0 Å². The molecule has 26 heavy (non-hydrogen) atoms. The Morgan fingerprint density at radius 1 is 1.00 bits per heavy atom. The van der Waals surface area contributed by atoms with Crippen molar-refractivity contribution >= 4 is 11.7 Å². The number of rotatable bonds is 4. The van der Waals surface area contributed by atoms with Gasteiger partial charge >= 0.3 is 0 Å². The standard InChI is InChI=1S/C20H14FN3O2/c21-16-10-5-4-9-15(16)17-13-19(22-20(25)18-11-6-12-26-18)24(23-17)14-7-2-1-3-8-14/h1-13H,(H,22,25). The number of halogens is 1. The van der Waals surface area contributed by atoms with E-state index in [1.165, 1.54) is 12.3 Å². The third-order valence-corrected chi connectivity index (χ3v) is 3.85. The van der Waals surface area contributed by atoms with E-state index >= 15 is 0 Å². The van der Waals surface area contributed by atoms with Crippen molar-refractivity contribution in [3.8, 4) is 16.9 Å². The quantitative estimate of drug-likeness (QED) is 0.590. The second-order valence-corrected chi connectivity index (χ2v) is 5.57. The van der Waals surface area contributed by atoms with E-state index in [1.807, 2.05) is 30.3 Å². The number of para-hydroxylation sites is 1. The Balaban J connectivity index is 1.78. The molecule has 0 bridgehead atoms. The molecule has 4 rings (SSSR count). The molecular weight excluding hydrogens is 333 g/mol. The topological polar surface area (TPSA) is 60.1 Å². The first-order chi connectivity index (χ1) is 12.7. The number of benzene rings is 2. The molecule has 0 aliphatic heterocycles. The van der Waals surface area contributed by atoms with Crippen LogP contribution in [0.3, 0.4) is 0 Å². The molecule has 0 saturated carbocycles. The van der Waals surface area contributed by atoms with E-state index < -0.39 is 5.91 Å². The number of anilines is 1. The van der Waals surface area contributed by atoms with Gasteiger partial charge in [0.15, 0.2) is 5.76 Å². The highest BCUT2D eigenvalue weighted by molar-refractivity contribution is 6.02. The highest BCUT2D eigenvalue weighted by Crippen LogP contribution is 2.27. The van der Waals surface area contributed by atoms with Gasteiger partial charge in [0.1, 0.15) is 11.6 Å². The maximum atomic E-state index is 14.2. The number of furan rings is 1. The molecule has 1 N–H and O–H groups in total. The van der Waals surface area contributed by atoms with Crippen LogP contribution in [0.2, 0.25) is 0 Å². The van der Waals surface area contributed by atoms with Gasteiger partial charge in [0.25, 0.3) is 5.91 Å². The average molecular weight is 347 g/mol. The minimum Gasteiger partial charge on any atom is -0.459 e. The van der Waals surface area contributed by atoms with Gasteiger partial charge in [0.2, 0.25) is 0 Å². The lowest BCUT2D eigenvalue weighted by Crippen LogP contribution is -2.14. The molecule has 2 aromatic heterocycles. The van der Waals surface area contributed by atoms with E-state index in [1.54, 1.807) is 41.1 Å². The minimum absolute atomic E-state index is 0.179. The average Bonchev–Trinajstić information content (AvgIpc) is 3.33. The zero-order valence-corrected chi connectivity index (χ0v) is 13.6. The highest BCUT2D eigenvalue weighted by Gasteiger charge is 2.17. The van der Waals surface area contributed by atoms with Gasteiger partial charge in [0.05, 0.1) is 17.6 Å². The molecule has 0 unspecified atom stereocenters. The van der Waals surface area contributed by atoms with Gasteiger partial charge in [-0.3, -0.25) is 4.79 Å². The van der Waals surface area contributed by atoms with Crippen LogP contribution in [0.4, 0.5) is 10.2 Å². The lowest BCUT2D eigenvalue weighted by atomic mass is 10.1. The fraction of sp³-hybridized carbons (Fsp3) is 0. The van der Waals surface area contributed by atoms with Crippen molar-refractivity contribution in [3.63, 3.8) is 0 Å². The Morgan fingerprint density at radius 3 is 2.50 bits per heavy atom. The smallest absolute Gasteiger partial charge is 0.292 e. The predicted molar refractivity (Wildman–Crippen MR) is 95.6 cm³/mol. The van der Waals surface area contributed by atoms with Crippen molar-refractivity contribution in [3.05, 3.63) is 90.6 Å². The molecule has 0 fully saturated rings. The van der Waals surface area contributed by atoms with Crippen LogP contribution < -0.4 is 5.32 Å². The van der Waals surface area contributed by atoms with Crippen LogP contribution in [-0.2, 0) is 0 Å². The Morgan fingerprint density at radius 2 is 1.77 bits per heavy atom. The molecule has 4 aromatic rings. The van der Waals surface area contributed by atoms with Gasteiger partial charge < -0.3 is 9.73 Å². The second kappa shape index (κ2) is 6.68. The summed E-state index contributed by atoms with van der Waals surface area (Å²) < 4.78 is 20.8. The zero-order chi connectivity index (χ0) is 17.9. The molecule has 2 heterocycles. The molecule has 128 valence electrons. The molecule has 6 heteroatoms. The first-order valence-corrected chi connectivity index (χ1v) is 7.97. The summed E-state index contributed by atoms with van der Waals surface area (Å²) in [4.78, 5) is 12.4. The minimum atomic E-state index is -0.410. The lowest BCUT2D eigenvalue weighted by molar-refractivity contribution is 0.0996. The van der Waals surface area contributed by atoms with Crippen molar-refractivity contribution in [1.82, 2.24) is 9.78 Å². The molecular formula is C20H14FN3O2. The van der Waals surface area contributed by atoms with Gasteiger partial charge in [-0.1, -0.05) is 30.3 Å². The number of hydrogen-bond donors (Lipinski definition) is 1. The molecule has 0 aliphatic rings. The summed E-state index contributed by atoms with van der Waals surface area (Å²) in [5.74, 6) is -0.199. The van der Waals surface area contributed by atoms with Crippen LogP contribution in [-0.4, -0.2) is 15.7 Å². The fourth-order valence-corrected chi connectivity index (χ4v) is 2.62. The van der Waals surface area contributed by atoms with E-state index in [-0.39, 0.29) is 11.6 Å². The van der Waals surface area contributed by atoms with Crippen molar-refractivity contribution < 1.29 is 13.6 Å². The summed E-state index contributed by atoms with van der Waals surface area (Å²) >= 11 is 0. The number of carbonyl (C=O) groups is 1. The molecule has 0 saturated heterocycles. The summed E-state index contributed by atoms with van der Waals surface area (Å²) in [6, 6.07) is 20.5. The van der Waals surface area contributed by atoms with Crippen molar-refractivity contribution in [1.29, 1.82) is 0 Å². The van der Waals surface area contributed by atoms with Crippen LogP contribution in [0, 0.1) is 5.82 Å². The third-order valence-electron chi connectivity index (χ3n) is 3.85. The van der Waals surface area contributed by atoms with Crippen molar-refractivity contribution in [2.45, 2.75) is 0 Å². The summed E-state index contributed by atoms with van der Waals surface area (Å²) in [5.41, 5.74) is 1.52. The lowest BCUT2D eigenvalue weighted by Gasteiger charge is -2.07. The van der Waals surface area contributed by atoms with E-state index in [0.29, 0.717) is 17.1 Å². The summed E-state index contributed by atoms with van der Waals surface area (Å²) in [6.45, 7) is 0. The summed E-state index contributed by atoms with van der Waals surface area (Å²) in [7, 11) is 0. The van der Waals surface area contributed by atoms with Crippen molar-refractivity contribution in [2.24, 2.45) is 0 Å². The number of amides is 1. The predicted octanol–water partition coefficient (Wildman–Crippen LogP) is 4.52. The Labute approximate surface area is 148 Å². The van der Waals surface area contributed by atoms with Gasteiger partial charge in [-0.15, -0.1) is 0 Å². The maximum Gasteiger partial charge on any atom is 0.292 e. The second-order valence-electron chi connectivity index (χ2n) is 5.57. The number of carbonyl (C=O) groups excluding carboxylic acids is 1. The van der Waals surface area contributed by atoms with Gasteiger partial charge in [-0.05, 0) is 36.4 Å². The normalized spacial score (nSPS) is 10.7. The Bertz CT molecular complexity index is 1040. The molecule has 0 atom stereocenters. The van der Waals surface area contributed by atoms with Gasteiger partial charge in [-0.25, -0.2) is 9.07 Å². The Kier molecular flexibility index (Phi) is 4.07. The number of nitrogens with zero attached hydrogens (tertiary/aromatic N) is 2.